The van der Waals surface area contributed by atoms with Gasteiger partial charge in [0.1, 0.15) is 11.6 Å². The number of aromatic amines is 1. The van der Waals surface area contributed by atoms with E-state index in [1.54, 1.807) is 18.3 Å². The highest BCUT2D eigenvalue weighted by Gasteiger charge is 2.02. The number of nitrogens with one attached hydrogen (secondary N) is 2. The molecule has 2 aromatic rings. The molecule has 0 saturated heterocycles. The standard InChI is InChI=1S/C11H13FN4/c12-9-4-2-1-3-8(9)5-6-14-10-7-15-16-11(10)13/h1-4,7,14H,5-6H2,(H3,13,15,16). The van der Waals surface area contributed by atoms with Crippen LogP contribution in [0.15, 0.2) is 30.5 Å². The minimum atomic E-state index is -0.176. The number of nitrogens with two attached hydrogens (primary N) is 1. The third-order valence-corrected chi connectivity index (χ3v) is 2.34. The van der Waals surface area contributed by atoms with Crippen LogP contribution in [0.2, 0.25) is 0 Å². The van der Waals surface area contributed by atoms with Crippen LogP contribution in [0, 0.1) is 5.82 Å². The zero-order chi connectivity index (χ0) is 11.4. The number of hydrogen-bond acceptors (Lipinski definition) is 3. The molecule has 0 fully saturated rings. The van der Waals surface area contributed by atoms with Crippen LogP contribution in [0.1, 0.15) is 5.56 Å². The van der Waals surface area contributed by atoms with E-state index < -0.39 is 0 Å². The molecule has 0 amide bonds. The first-order valence-electron chi connectivity index (χ1n) is 5.03. The van der Waals surface area contributed by atoms with Gasteiger partial charge >= 0.3 is 0 Å². The number of aromatic nitrogens is 2. The van der Waals surface area contributed by atoms with E-state index in [2.05, 4.69) is 15.5 Å². The fraction of sp³-hybridized carbons (Fsp3) is 0.182. The topological polar surface area (TPSA) is 66.7 Å². The van der Waals surface area contributed by atoms with E-state index in [9.17, 15) is 4.39 Å². The Morgan fingerprint density at radius 3 is 2.88 bits per heavy atom. The minimum Gasteiger partial charge on any atom is -0.382 e. The Morgan fingerprint density at radius 1 is 1.38 bits per heavy atom. The lowest BCUT2D eigenvalue weighted by Crippen LogP contribution is -2.06. The SMILES string of the molecule is Nc1[nH]ncc1NCCc1ccccc1F. The molecule has 0 saturated carbocycles. The van der Waals surface area contributed by atoms with E-state index in [0.717, 1.165) is 5.69 Å². The summed E-state index contributed by atoms with van der Waals surface area (Å²) in [5.41, 5.74) is 7.03. The first-order chi connectivity index (χ1) is 7.77. The van der Waals surface area contributed by atoms with Gasteiger partial charge in [0.15, 0.2) is 0 Å². The van der Waals surface area contributed by atoms with Gasteiger partial charge in [-0.3, -0.25) is 5.10 Å². The van der Waals surface area contributed by atoms with Gasteiger partial charge in [-0.25, -0.2) is 4.39 Å². The monoisotopic (exact) mass is 220 g/mol. The van der Waals surface area contributed by atoms with Crippen molar-refractivity contribution in [1.29, 1.82) is 0 Å². The molecule has 84 valence electrons. The maximum Gasteiger partial charge on any atom is 0.142 e. The van der Waals surface area contributed by atoms with Gasteiger partial charge in [-0.05, 0) is 18.1 Å². The third-order valence-electron chi connectivity index (χ3n) is 2.34. The number of nitrogen functional groups attached to an aromatic ring is 1. The fourth-order valence-corrected chi connectivity index (χ4v) is 1.47. The highest BCUT2D eigenvalue weighted by Crippen LogP contribution is 2.13. The van der Waals surface area contributed by atoms with Crippen molar-refractivity contribution in [3.8, 4) is 0 Å². The first kappa shape index (κ1) is 10.5. The summed E-state index contributed by atoms with van der Waals surface area (Å²) < 4.78 is 13.3. The molecule has 0 atom stereocenters. The second-order valence-corrected chi connectivity index (χ2v) is 3.47. The second-order valence-electron chi connectivity index (χ2n) is 3.47. The number of halogens is 1. The first-order valence-corrected chi connectivity index (χ1v) is 5.03. The van der Waals surface area contributed by atoms with Gasteiger partial charge in [0.25, 0.3) is 0 Å². The molecule has 0 unspecified atom stereocenters. The van der Waals surface area contributed by atoms with E-state index >= 15 is 0 Å². The molecule has 4 nitrogen and oxygen atoms in total. The van der Waals surface area contributed by atoms with Crippen LogP contribution in [-0.2, 0) is 6.42 Å². The van der Waals surface area contributed by atoms with E-state index in [-0.39, 0.29) is 5.82 Å². The molecule has 16 heavy (non-hydrogen) atoms. The summed E-state index contributed by atoms with van der Waals surface area (Å²) in [7, 11) is 0. The molecule has 1 aromatic heterocycles. The Labute approximate surface area is 92.7 Å². The maximum absolute atomic E-state index is 13.3. The van der Waals surface area contributed by atoms with Gasteiger partial charge < -0.3 is 11.1 Å². The molecule has 2 rings (SSSR count). The van der Waals surface area contributed by atoms with E-state index in [1.807, 2.05) is 6.07 Å². The molecule has 0 spiro atoms. The Balaban J connectivity index is 1.89. The summed E-state index contributed by atoms with van der Waals surface area (Å²) in [5.74, 6) is 0.318. The zero-order valence-electron chi connectivity index (χ0n) is 8.70. The lowest BCUT2D eigenvalue weighted by atomic mass is 10.1. The number of anilines is 2. The van der Waals surface area contributed by atoms with Gasteiger partial charge in [-0.2, -0.15) is 5.10 Å². The molecule has 4 N–H and O–H groups in total. The van der Waals surface area contributed by atoms with Crippen molar-refractivity contribution >= 4 is 11.5 Å². The van der Waals surface area contributed by atoms with Crippen molar-refractivity contribution in [2.45, 2.75) is 6.42 Å². The summed E-state index contributed by atoms with van der Waals surface area (Å²) in [6.07, 6.45) is 2.22. The summed E-state index contributed by atoms with van der Waals surface area (Å²) in [6, 6.07) is 6.74. The van der Waals surface area contributed by atoms with Crippen molar-refractivity contribution < 1.29 is 4.39 Å². The average Bonchev–Trinajstić information content (AvgIpc) is 2.67. The molecule has 0 aliphatic carbocycles. The zero-order valence-corrected chi connectivity index (χ0v) is 8.70. The van der Waals surface area contributed by atoms with Crippen molar-refractivity contribution in [1.82, 2.24) is 10.2 Å². The van der Waals surface area contributed by atoms with Gasteiger partial charge in [0.2, 0.25) is 0 Å². The summed E-state index contributed by atoms with van der Waals surface area (Å²) in [4.78, 5) is 0. The normalized spacial score (nSPS) is 10.3. The van der Waals surface area contributed by atoms with Gasteiger partial charge in [0.05, 0.1) is 11.9 Å². The van der Waals surface area contributed by atoms with E-state index in [1.165, 1.54) is 6.07 Å². The number of benzene rings is 1. The third kappa shape index (κ3) is 2.31. The molecule has 0 aliphatic rings. The van der Waals surface area contributed by atoms with Crippen LogP contribution in [0.5, 0.6) is 0 Å². The number of H-pyrrole nitrogens is 1. The van der Waals surface area contributed by atoms with Crippen molar-refractivity contribution in [3.63, 3.8) is 0 Å². The lowest BCUT2D eigenvalue weighted by molar-refractivity contribution is 0.610. The molecule has 0 bridgehead atoms. The van der Waals surface area contributed by atoms with Gasteiger partial charge in [-0.15, -0.1) is 0 Å². The Hall–Kier alpha value is -2.04. The van der Waals surface area contributed by atoms with Crippen molar-refractivity contribution in [2.75, 3.05) is 17.6 Å². The maximum atomic E-state index is 13.3. The van der Waals surface area contributed by atoms with Crippen LogP contribution in [0.25, 0.3) is 0 Å². The van der Waals surface area contributed by atoms with Crippen LogP contribution in [-0.4, -0.2) is 16.7 Å². The van der Waals surface area contributed by atoms with E-state index in [4.69, 9.17) is 5.73 Å². The number of rotatable bonds is 4. The Morgan fingerprint density at radius 2 is 2.19 bits per heavy atom. The quantitative estimate of drug-likeness (QED) is 0.735. The molecule has 0 aliphatic heterocycles. The number of hydrogen-bond donors (Lipinski definition) is 3. The van der Waals surface area contributed by atoms with Crippen LogP contribution in [0.3, 0.4) is 0 Å². The summed E-state index contributed by atoms with van der Waals surface area (Å²) in [6.45, 7) is 0.616. The van der Waals surface area contributed by atoms with E-state index in [0.29, 0.717) is 24.3 Å². The average molecular weight is 220 g/mol. The Bertz CT molecular complexity index is 467. The smallest absolute Gasteiger partial charge is 0.142 e. The predicted octanol–water partition coefficient (Wildman–Crippen LogP) is 1.79. The Kier molecular flexibility index (Phi) is 3.05. The van der Waals surface area contributed by atoms with Crippen molar-refractivity contribution in [2.24, 2.45) is 0 Å². The van der Waals surface area contributed by atoms with Crippen molar-refractivity contribution in [3.05, 3.63) is 41.8 Å². The highest BCUT2D eigenvalue weighted by atomic mass is 19.1. The molecule has 5 heteroatoms. The fourth-order valence-electron chi connectivity index (χ4n) is 1.47. The van der Waals surface area contributed by atoms with Gasteiger partial charge in [-0.1, -0.05) is 18.2 Å². The minimum absolute atomic E-state index is 0.176. The van der Waals surface area contributed by atoms with Crippen LogP contribution >= 0.6 is 0 Å². The largest absolute Gasteiger partial charge is 0.382 e. The highest BCUT2D eigenvalue weighted by molar-refractivity contribution is 5.59. The molecule has 0 radical (unpaired) electrons. The van der Waals surface area contributed by atoms with Gasteiger partial charge in [0, 0.05) is 6.54 Å². The predicted molar refractivity (Wildman–Crippen MR) is 61.6 cm³/mol. The van der Waals surface area contributed by atoms with Crippen LogP contribution < -0.4 is 11.1 Å². The van der Waals surface area contributed by atoms with Crippen LogP contribution in [0.4, 0.5) is 15.9 Å². The number of nitrogens with zero attached hydrogens (tertiary/aromatic N) is 1. The summed E-state index contributed by atoms with van der Waals surface area (Å²) >= 11 is 0. The second kappa shape index (κ2) is 4.65. The molecule has 1 heterocycles. The molecule has 1 aromatic carbocycles. The lowest BCUT2D eigenvalue weighted by Gasteiger charge is -2.05. The molecular weight excluding hydrogens is 207 g/mol. The summed E-state index contributed by atoms with van der Waals surface area (Å²) in [5, 5.41) is 9.48. The molecular formula is C11H13FN4.